The van der Waals surface area contributed by atoms with Gasteiger partial charge in [-0.3, -0.25) is 9.78 Å². The molecule has 0 fully saturated rings. The second kappa shape index (κ2) is 6.63. The van der Waals surface area contributed by atoms with Gasteiger partial charge in [0, 0.05) is 24.5 Å². The topological polar surface area (TPSA) is 88.2 Å². The quantitative estimate of drug-likeness (QED) is 0.861. The predicted molar refractivity (Wildman–Crippen MR) is 78.1 cm³/mol. The number of hydrogen-bond donors (Lipinski definition) is 2. The zero-order valence-corrected chi connectivity index (χ0v) is 12.5. The lowest BCUT2D eigenvalue weighted by Gasteiger charge is -2.08. The maximum Gasteiger partial charge on any atom is 0.251 e. The van der Waals surface area contributed by atoms with Crippen LogP contribution in [-0.4, -0.2) is 26.4 Å². The second-order valence-corrected chi connectivity index (χ2v) is 6.25. The van der Waals surface area contributed by atoms with Crippen LogP contribution in [0.15, 0.2) is 47.6 Å². The molecule has 0 aliphatic rings. The Labute approximate surface area is 127 Å². The van der Waals surface area contributed by atoms with Crippen LogP contribution in [0.5, 0.6) is 0 Å². The minimum absolute atomic E-state index is 0.0813. The maximum atomic E-state index is 13.8. The second-order valence-electron chi connectivity index (χ2n) is 4.39. The molecule has 0 saturated carbocycles. The van der Waals surface area contributed by atoms with Crippen molar-refractivity contribution in [1.29, 1.82) is 0 Å². The van der Waals surface area contributed by atoms with Crippen molar-refractivity contribution in [3.63, 3.8) is 0 Å². The smallest absolute Gasteiger partial charge is 0.251 e. The Morgan fingerprint density at radius 2 is 1.91 bits per heavy atom. The molecule has 0 aliphatic heterocycles. The van der Waals surface area contributed by atoms with E-state index in [0.717, 1.165) is 12.1 Å². The third kappa shape index (κ3) is 3.66. The molecule has 0 saturated heterocycles. The molecule has 8 heteroatoms. The molecule has 1 heterocycles. The summed E-state index contributed by atoms with van der Waals surface area (Å²) in [5.74, 6) is -1.19. The van der Waals surface area contributed by atoms with Crippen LogP contribution in [-0.2, 0) is 16.6 Å². The average molecular weight is 323 g/mol. The highest BCUT2D eigenvalue weighted by Crippen LogP contribution is 2.15. The van der Waals surface area contributed by atoms with Gasteiger partial charge in [-0.15, -0.1) is 0 Å². The molecule has 0 aliphatic carbocycles. The number of carbonyl (C=O) groups excluding carboxylic acids is 1. The van der Waals surface area contributed by atoms with Gasteiger partial charge in [-0.25, -0.2) is 17.5 Å². The average Bonchev–Trinajstić information content (AvgIpc) is 2.53. The molecule has 0 spiro atoms. The molecule has 2 rings (SSSR count). The minimum Gasteiger partial charge on any atom is -0.348 e. The third-order valence-corrected chi connectivity index (χ3v) is 4.40. The number of aromatic nitrogens is 1. The van der Waals surface area contributed by atoms with Gasteiger partial charge in [0.05, 0.1) is 0 Å². The molecule has 1 aromatic carbocycles. The molecular formula is C14H14FN3O3S. The van der Waals surface area contributed by atoms with Crippen molar-refractivity contribution in [2.45, 2.75) is 11.4 Å². The Morgan fingerprint density at radius 1 is 1.23 bits per heavy atom. The lowest BCUT2D eigenvalue weighted by Crippen LogP contribution is -2.23. The van der Waals surface area contributed by atoms with E-state index in [0.29, 0.717) is 11.1 Å². The van der Waals surface area contributed by atoms with Crippen LogP contribution >= 0.6 is 0 Å². The number of amides is 1. The molecule has 1 aromatic heterocycles. The van der Waals surface area contributed by atoms with Crippen molar-refractivity contribution in [2.24, 2.45) is 0 Å². The largest absolute Gasteiger partial charge is 0.348 e. The molecule has 0 bridgehead atoms. The Hall–Kier alpha value is -2.32. The first kappa shape index (κ1) is 16.1. The fourth-order valence-corrected chi connectivity index (χ4v) is 2.55. The van der Waals surface area contributed by atoms with E-state index in [-0.39, 0.29) is 12.5 Å². The van der Waals surface area contributed by atoms with Crippen LogP contribution in [0.2, 0.25) is 0 Å². The highest BCUT2D eigenvalue weighted by molar-refractivity contribution is 7.89. The summed E-state index contributed by atoms with van der Waals surface area (Å²) in [5, 5.41) is 2.62. The van der Waals surface area contributed by atoms with Gasteiger partial charge in [0.25, 0.3) is 5.91 Å². The first-order valence-electron chi connectivity index (χ1n) is 6.34. The number of sulfonamides is 1. The first-order chi connectivity index (χ1) is 10.4. The van der Waals surface area contributed by atoms with Crippen molar-refractivity contribution in [3.05, 3.63) is 59.7 Å². The Bertz CT molecular complexity index is 779. The normalized spacial score (nSPS) is 11.2. The number of rotatable bonds is 5. The molecular weight excluding hydrogens is 309 g/mol. The number of nitrogens with one attached hydrogen (secondary N) is 2. The number of hydrogen-bond acceptors (Lipinski definition) is 4. The maximum absolute atomic E-state index is 13.8. The van der Waals surface area contributed by atoms with E-state index in [1.807, 2.05) is 4.72 Å². The van der Waals surface area contributed by atoms with Crippen LogP contribution in [0, 0.1) is 5.82 Å². The van der Waals surface area contributed by atoms with Gasteiger partial charge in [0.2, 0.25) is 10.0 Å². The standard InChI is InChI=1S/C14H14FN3O3S/c1-16-22(20,21)13-3-2-10(8-12(13)15)9-18-14(19)11-4-6-17-7-5-11/h2-8,16H,9H2,1H3,(H,18,19). The zero-order chi connectivity index (χ0) is 16.2. The highest BCUT2D eigenvalue weighted by atomic mass is 32.2. The molecule has 2 N–H and O–H groups in total. The summed E-state index contributed by atoms with van der Waals surface area (Å²) in [5.41, 5.74) is 0.889. The Kier molecular flexibility index (Phi) is 4.84. The van der Waals surface area contributed by atoms with E-state index in [1.54, 1.807) is 12.1 Å². The number of carbonyl (C=O) groups is 1. The summed E-state index contributed by atoms with van der Waals surface area (Å²) in [4.78, 5) is 15.2. The van der Waals surface area contributed by atoms with Gasteiger partial charge >= 0.3 is 0 Å². The summed E-state index contributed by atoms with van der Waals surface area (Å²) in [6.45, 7) is 0.0813. The van der Waals surface area contributed by atoms with E-state index in [2.05, 4.69) is 10.3 Å². The number of pyridine rings is 1. The van der Waals surface area contributed by atoms with Crippen LogP contribution in [0.4, 0.5) is 4.39 Å². The van der Waals surface area contributed by atoms with Gasteiger partial charge in [-0.2, -0.15) is 0 Å². The molecule has 2 aromatic rings. The molecule has 0 radical (unpaired) electrons. The molecule has 1 amide bonds. The molecule has 0 unspecified atom stereocenters. The van der Waals surface area contributed by atoms with Crippen LogP contribution < -0.4 is 10.0 Å². The van der Waals surface area contributed by atoms with E-state index in [9.17, 15) is 17.6 Å². The van der Waals surface area contributed by atoms with Crippen LogP contribution in [0.1, 0.15) is 15.9 Å². The lowest BCUT2D eigenvalue weighted by molar-refractivity contribution is 0.0950. The first-order valence-corrected chi connectivity index (χ1v) is 7.82. The van der Waals surface area contributed by atoms with E-state index in [1.165, 1.54) is 25.5 Å². The fourth-order valence-electron chi connectivity index (χ4n) is 1.77. The van der Waals surface area contributed by atoms with E-state index >= 15 is 0 Å². The van der Waals surface area contributed by atoms with Gasteiger partial charge in [-0.1, -0.05) is 6.07 Å². The molecule has 22 heavy (non-hydrogen) atoms. The Balaban J connectivity index is 2.09. The number of benzene rings is 1. The van der Waals surface area contributed by atoms with Gasteiger partial charge in [-0.05, 0) is 36.9 Å². The summed E-state index contributed by atoms with van der Waals surface area (Å²) < 4.78 is 39.0. The highest BCUT2D eigenvalue weighted by Gasteiger charge is 2.17. The summed E-state index contributed by atoms with van der Waals surface area (Å²) >= 11 is 0. The zero-order valence-electron chi connectivity index (χ0n) is 11.7. The lowest BCUT2D eigenvalue weighted by atomic mass is 10.2. The van der Waals surface area contributed by atoms with E-state index in [4.69, 9.17) is 0 Å². The van der Waals surface area contributed by atoms with Crippen molar-refractivity contribution in [2.75, 3.05) is 7.05 Å². The van der Waals surface area contributed by atoms with Crippen LogP contribution in [0.25, 0.3) is 0 Å². The monoisotopic (exact) mass is 323 g/mol. The van der Waals surface area contributed by atoms with E-state index < -0.39 is 20.7 Å². The summed E-state index contributed by atoms with van der Waals surface area (Å²) in [7, 11) is -2.63. The van der Waals surface area contributed by atoms with Gasteiger partial charge < -0.3 is 5.32 Å². The molecule has 116 valence electrons. The third-order valence-electron chi connectivity index (χ3n) is 2.95. The fraction of sp³-hybridized carbons (Fsp3) is 0.143. The number of halogens is 1. The number of nitrogens with zero attached hydrogens (tertiary/aromatic N) is 1. The SMILES string of the molecule is CNS(=O)(=O)c1ccc(CNC(=O)c2ccncc2)cc1F. The molecule has 0 atom stereocenters. The van der Waals surface area contributed by atoms with Crippen molar-refractivity contribution in [3.8, 4) is 0 Å². The van der Waals surface area contributed by atoms with Crippen molar-refractivity contribution in [1.82, 2.24) is 15.0 Å². The van der Waals surface area contributed by atoms with Gasteiger partial charge in [0.15, 0.2) is 0 Å². The van der Waals surface area contributed by atoms with Gasteiger partial charge in [0.1, 0.15) is 10.7 Å². The molecule has 6 nitrogen and oxygen atoms in total. The summed E-state index contributed by atoms with van der Waals surface area (Å²) in [6, 6.07) is 6.79. The Morgan fingerprint density at radius 3 is 2.50 bits per heavy atom. The van der Waals surface area contributed by atoms with Crippen LogP contribution in [0.3, 0.4) is 0 Å². The van der Waals surface area contributed by atoms with Crippen molar-refractivity contribution >= 4 is 15.9 Å². The minimum atomic E-state index is -3.84. The summed E-state index contributed by atoms with van der Waals surface area (Å²) in [6.07, 6.45) is 2.98. The predicted octanol–water partition coefficient (Wildman–Crippen LogP) is 1.06. The van der Waals surface area contributed by atoms with Crippen molar-refractivity contribution < 1.29 is 17.6 Å².